The van der Waals surface area contributed by atoms with Gasteiger partial charge in [0.2, 0.25) is 0 Å². The first-order valence-corrected chi connectivity index (χ1v) is 8.92. The number of carbonyl (C=O) groups is 1. The van der Waals surface area contributed by atoms with Crippen LogP contribution in [0.1, 0.15) is 20.8 Å². The maximum atomic E-state index is 13.5. The lowest BCUT2D eigenvalue weighted by Gasteiger charge is -2.37. The molecule has 150 valence electrons. The molecule has 1 amide bonds. The Hall–Kier alpha value is -2.00. The number of nitrogens with one attached hydrogen (secondary N) is 2. The second-order valence-electron chi connectivity index (χ2n) is 7.85. The van der Waals surface area contributed by atoms with E-state index in [0.717, 1.165) is 0 Å². The summed E-state index contributed by atoms with van der Waals surface area (Å²) in [5, 5.41) is 5.29. The van der Waals surface area contributed by atoms with E-state index >= 15 is 0 Å². The number of carbonyl (C=O) groups excluding carboxylic acids is 1. The molecule has 1 saturated heterocycles. The lowest BCUT2D eigenvalue weighted by Crippen LogP contribution is -2.56. The van der Waals surface area contributed by atoms with Crippen molar-refractivity contribution in [2.75, 3.05) is 26.3 Å². The van der Waals surface area contributed by atoms with Crippen LogP contribution in [-0.2, 0) is 9.53 Å². The molecule has 3 heterocycles. The van der Waals surface area contributed by atoms with E-state index in [-0.39, 0.29) is 12.0 Å². The molecule has 0 saturated carbocycles. The van der Waals surface area contributed by atoms with Crippen LogP contribution in [0.15, 0.2) is 35.8 Å². The van der Waals surface area contributed by atoms with Crippen LogP contribution in [0.5, 0.6) is 0 Å². The average Bonchev–Trinajstić information content (AvgIpc) is 2.98. The Labute approximate surface area is 156 Å². The molecular formula is C18H25F3N4O2. The summed E-state index contributed by atoms with van der Waals surface area (Å²) >= 11 is 0. The monoisotopic (exact) mass is 386 g/mol. The van der Waals surface area contributed by atoms with Gasteiger partial charge in [0.05, 0.1) is 18.9 Å². The van der Waals surface area contributed by atoms with Crippen molar-refractivity contribution in [2.24, 2.45) is 5.41 Å². The zero-order valence-corrected chi connectivity index (χ0v) is 15.6. The number of hydrogen-bond acceptors (Lipinski definition) is 5. The van der Waals surface area contributed by atoms with Gasteiger partial charge < -0.3 is 20.3 Å². The van der Waals surface area contributed by atoms with Gasteiger partial charge in [0, 0.05) is 19.3 Å². The van der Waals surface area contributed by atoms with E-state index in [9.17, 15) is 18.0 Å². The molecule has 0 spiro atoms. The van der Waals surface area contributed by atoms with Crippen molar-refractivity contribution in [1.82, 2.24) is 20.4 Å². The number of halogens is 3. The fourth-order valence-corrected chi connectivity index (χ4v) is 3.42. The van der Waals surface area contributed by atoms with E-state index in [0.29, 0.717) is 32.0 Å². The van der Waals surface area contributed by atoms with Gasteiger partial charge in [0.1, 0.15) is 11.7 Å². The molecule has 27 heavy (non-hydrogen) atoms. The molecule has 3 aliphatic rings. The van der Waals surface area contributed by atoms with Crippen molar-refractivity contribution >= 4 is 5.91 Å². The van der Waals surface area contributed by atoms with Crippen molar-refractivity contribution in [3.05, 3.63) is 35.8 Å². The minimum atomic E-state index is -4.54. The van der Waals surface area contributed by atoms with Gasteiger partial charge in [-0.25, -0.2) is 0 Å². The summed E-state index contributed by atoms with van der Waals surface area (Å²) in [5.41, 5.74) is -0.462. The number of rotatable bonds is 3. The standard InChI is InChI=1S/C18H25F3N4O2/c1-17(2,3)15(18(19,20)21)23-14(26)13-12-6-4-5-7-25(12)16(22-13)24-8-10-27-11-9-24/h4-7,15-16,22H,8-11H2,1-3H3,(H,23,26)/t15-,16?/m1/s1. The van der Waals surface area contributed by atoms with Crippen molar-refractivity contribution in [3.8, 4) is 0 Å². The largest absolute Gasteiger partial charge is 0.409 e. The minimum Gasteiger partial charge on any atom is -0.379 e. The predicted molar refractivity (Wildman–Crippen MR) is 93.9 cm³/mol. The second-order valence-corrected chi connectivity index (χ2v) is 7.85. The fraction of sp³-hybridized carbons (Fsp3) is 0.611. The maximum absolute atomic E-state index is 13.5. The SMILES string of the molecule is CC(C)(C)[C@@H](NC(=O)C1=C2C=CC=CN2C(N2CCOCC2)N1)C(F)(F)F. The van der Waals surface area contributed by atoms with Gasteiger partial charge in [0.25, 0.3) is 5.91 Å². The first kappa shape index (κ1) is 19.8. The van der Waals surface area contributed by atoms with Crippen molar-refractivity contribution < 1.29 is 22.7 Å². The van der Waals surface area contributed by atoms with Crippen LogP contribution in [0.25, 0.3) is 0 Å². The molecule has 1 unspecified atom stereocenters. The molecule has 3 rings (SSSR count). The van der Waals surface area contributed by atoms with Crippen molar-refractivity contribution in [3.63, 3.8) is 0 Å². The Kier molecular flexibility index (Phi) is 5.27. The molecule has 3 aliphatic heterocycles. The number of ether oxygens (including phenoxy) is 1. The maximum Gasteiger partial charge on any atom is 0.409 e. The summed E-state index contributed by atoms with van der Waals surface area (Å²) in [6, 6.07) is -1.95. The van der Waals surface area contributed by atoms with Crippen LogP contribution in [-0.4, -0.2) is 60.5 Å². The first-order valence-electron chi connectivity index (χ1n) is 8.92. The third kappa shape index (κ3) is 4.14. The van der Waals surface area contributed by atoms with Crippen LogP contribution >= 0.6 is 0 Å². The fourth-order valence-electron chi connectivity index (χ4n) is 3.42. The summed E-state index contributed by atoms with van der Waals surface area (Å²) in [6.45, 7) is 6.85. The first-order chi connectivity index (χ1) is 12.6. The number of morpholine rings is 1. The summed E-state index contributed by atoms with van der Waals surface area (Å²) in [7, 11) is 0. The van der Waals surface area contributed by atoms with Gasteiger partial charge in [-0.1, -0.05) is 26.8 Å². The van der Waals surface area contributed by atoms with Crippen molar-refractivity contribution in [2.45, 2.75) is 39.3 Å². The molecule has 6 nitrogen and oxygen atoms in total. The van der Waals surface area contributed by atoms with Gasteiger partial charge in [0.15, 0.2) is 6.29 Å². The van der Waals surface area contributed by atoms with Crippen LogP contribution < -0.4 is 10.6 Å². The Balaban J connectivity index is 1.83. The molecule has 9 heteroatoms. The van der Waals surface area contributed by atoms with E-state index in [4.69, 9.17) is 4.74 Å². The topological polar surface area (TPSA) is 56.8 Å². The Bertz CT molecular complexity index is 659. The van der Waals surface area contributed by atoms with Gasteiger partial charge in [-0.15, -0.1) is 0 Å². The predicted octanol–water partition coefficient (Wildman–Crippen LogP) is 1.90. The minimum absolute atomic E-state index is 0.144. The summed E-state index contributed by atoms with van der Waals surface area (Å²) in [4.78, 5) is 16.7. The number of hydrogen-bond donors (Lipinski definition) is 2. The molecule has 2 N–H and O–H groups in total. The van der Waals surface area contributed by atoms with Crippen LogP contribution in [0.3, 0.4) is 0 Å². The van der Waals surface area contributed by atoms with Gasteiger partial charge in [-0.05, 0) is 17.6 Å². The van der Waals surface area contributed by atoms with E-state index in [1.165, 1.54) is 20.8 Å². The lowest BCUT2D eigenvalue weighted by molar-refractivity contribution is -0.180. The molecule has 0 aromatic rings. The van der Waals surface area contributed by atoms with E-state index in [2.05, 4.69) is 15.5 Å². The number of allylic oxidation sites excluding steroid dienone is 3. The summed E-state index contributed by atoms with van der Waals surface area (Å²) < 4.78 is 45.7. The zero-order chi connectivity index (χ0) is 19.8. The third-order valence-electron chi connectivity index (χ3n) is 4.77. The molecule has 0 aliphatic carbocycles. The number of fused-ring (bicyclic) bond motifs is 1. The van der Waals surface area contributed by atoms with Crippen molar-refractivity contribution in [1.29, 1.82) is 0 Å². The van der Waals surface area contributed by atoms with Crippen LogP contribution in [0, 0.1) is 5.41 Å². The lowest BCUT2D eigenvalue weighted by atomic mass is 9.86. The van der Waals surface area contributed by atoms with E-state index < -0.39 is 23.5 Å². The van der Waals surface area contributed by atoms with Crippen LogP contribution in [0.2, 0.25) is 0 Å². The molecule has 0 bridgehead atoms. The van der Waals surface area contributed by atoms with Gasteiger partial charge in [-0.3, -0.25) is 9.69 Å². The van der Waals surface area contributed by atoms with E-state index in [1.807, 2.05) is 17.2 Å². The van der Waals surface area contributed by atoms with Gasteiger partial charge >= 0.3 is 6.18 Å². The van der Waals surface area contributed by atoms with Gasteiger partial charge in [-0.2, -0.15) is 13.2 Å². The molecule has 1 fully saturated rings. The average molecular weight is 386 g/mol. The Morgan fingerprint density at radius 3 is 2.52 bits per heavy atom. The van der Waals surface area contributed by atoms with Crippen LogP contribution in [0.4, 0.5) is 13.2 Å². The third-order valence-corrected chi connectivity index (χ3v) is 4.77. The molecule has 0 aromatic carbocycles. The molecule has 0 radical (unpaired) electrons. The molecule has 2 atom stereocenters. The quantitative estimate of drug-likeness (QED) is 0.776. The number of amides is 1. The highest BCUT2D eigenvalue weighted by Gasteiger charge is 2.49. The Morgan fingerprint density at radius 1 is 1.26 bits per heavy atom. The second kappa shape index (κ2) is 7.20. The summed E-state index contributed by atoms with van der Waals surface area (Å²) in [5.74, 6) is -0.761. The highest BCUT2D eigenvalue weighted by atomic mass is 19.4. The van der Waals surface area contributed by atoms with E-state index in [1.54, 1.807) is 12.2 Å². The highest BCUT2D eigenvalue weighted by molar-refractivity contribution is 5.95. The normalized spacial score (nSPS) is 24.7. The smallest absolute Gasteiger partial charge is 0.379 e. The molecular weight excluding hydrogens is 361 g/mol. The highest BCUT2D eigenvalue weighted by Crippen LogP contribution is 2.34. The molecule has 0 aromatic heterocycles. The number of alkyl halides is 3. The summed E-state index contributed by atoms with van der Waals surface area (Å²) in [6.07, 6.45) is 2.25. The Morgan fingerprint density at radius 2 is 1.93 bits per heavy atom. The zero-order valence-electron chi connectivity index (χ0n) is 15.6. The number of nitrogens with zero attached hydrogens (tertiary/aromatic N) is 2.